The number of benzene rings is 3. The first-order chi connectivity index (χ1) is 14.1. The van der Waals surface area contributed by atoms with E-state index in [1.54, 1.807) is 30.3 Å². The molecule has 0 atom stereocenters. The molecule has 3 nitrogen and oxygen atoms in total. The molecule has 0 unspecified atom stereocenters. The summed E-state index contributed by atoms with van der Waals surface area (Å²) in [6.45, 7) is 2.67. The van der Waals surface area contributed by atoms with Gasteiger partial charge in [-0.15, -0.1) is 0 Å². The van der Waals surface area contributed by atoms with Gasteiger partial charge in [-0.25, -0.2) is 0 Å². The molecule has 0 spiro atoms. The Balaban J connectivity index is 2.21. The Kier molecular flexibility index (Phi) is 5.87. The molecule has 0 aromatic heterocycles. The summed E-state index contributed by atoms with van der Waals surface area (Å²) >= 11 is 0. The largest absolute Gasteiger partial charge is 0.489 e. The van der Waals surface area contributed by atoms with Gasteiger partial charge in [0.25, 0.3) is 0 Å². The van der Waals surface area contributed by atoms with E-state index in [9.17, 15) is 23.1 Å². The van der Waals surface area contributed by atoms with Gasteiger partial charge in [-0.1, -0.05) is 60.7 Å². The van der Waals surface area contributed by atoms with Crippen molar-refractivity contribution in [2.24, 2.45) is 0 Å². The van der Waals surface area contributed by atoms with Crippen LogP contribution >= 0.6 is 0 Å². The lowest BCUT2D eigenvalue weighted by Gasteiger charge is -2.27. The number of carboxylic acids is 1. The highest BCUT2D eigenvalue weighted by Crippen LogP contribution is 2.45. The zero-order chi connectivity index (χ0) is 21.9. The molecule has 0 amide bonds. The molecule has 30 heavy (non-hydrogen) atoms. The van der Waals surface area contributed by atoms with Gasteiger partial charge in [-0.05, 0) is 48.2 Å². The molecule has 0 saturated heterocycles. The normalized spacial score (nSPS) is 11.9. The Labute approximate surface area is 172 Å². The second-order valence-corrected chi connectivity index (χ2v) is 7.46. The third-order valence-electron chi connectivity index (χ3n) is 4.94. The number of hydrogen-bond donors (Lipinski definition) is 1. The maximum Gasteiger partial charge on any atom is 0.417 e. The van der Waals surface area contributed by atoms with E-state index in [-0.39, 0.29) is 23.5 Å². The molecule has 6 heteroatoms. The zero-order valence-corrected chi connectivity index (χ0v) is 16.5. The van der Waals surface area contributed by atoms with Crippen LogP contribution in [0.25, 0.3) is 11.1 Å². The third-order valence-corrected chi connectivity index (χ3v) is 4.94. The Bertz CT molecular complexity index is 1030. The summed E-state index contributed by atoms with van der Waals surface area (Å²) < 4.78 is 48.2. The number of hydrogen-bond acceptors (Lipinski definition) is 2. The van der Waals surface area contributed by atoms with E-state index in [1.165, 1.54) is 26.0 Å². The van der Waals surface area contributed by atoms with Crippen LogP contribution in [-0.4, -0.2) is 11.1 Å². The average molecular weight is 414 g/mol. The molecule has 1 N–H and O–H groups in total. The average Bonchev–Trinajstić information content (AvgIpc) is 2.72. The molecule has 3 aromatic rings. The minimum absolute atomic E-state index is 0.113. The van der Waals surface area contributed by atoms with Crippen LogP contribution in [0.2, 0.25) is 0 Å². The summed E-state index contributed by atoms with van der Waals surface area (Å²) in [4.78, 5) is 11.8. The lowest BCUT2D eigenvalue weighted by Crippen LogP contribution is -2.32. The third kappa shape index (κ3) is 4.48. The Morgan fingerprint density at radius 2 is 1.50 bits per heavy atom. The number of rotatable bonds is 6. The van der Waals surface area contributed by atoms with Crippen molar-refractivity contribution in [3.05, 3.63) is 89.5 Å². The van der Waals surface area contributed by atoms with Gasteiger partial charge in [0.05, 0.1) is 11.0 Å². The van der Waals surface area contributed by atoms with Gasteiger partial charge in [0.2, 0.25) is 0 Å². The summed E-state index contributed by atoms with van der Waals surface area (Å²) in [5.74, 6) is -1.18. The minimum Gasteiger partial charge on any atom is -0.489 e. The van der Waals surface area contributed by atoms with Crippen LogP contribution in [0.3, 0.4) is 0 Å². The van der Waals surface area contributed by atoms with Gasteiger partial charge in [0.15, 0.2) is 0 Å². The van der Waals surface area contributed by atoms with Crippen LogP contribution in [0.1, 0.15) is 30.5 Å². The van der Waals surface area contributed by atoms with E-state index in [4.69, 9.17) is 4.74 Å². The number of alkyl halides is 3. The van der Waals surface area contributed by atoms with E-state index in [0.717, 1.165) is 5.56 Å². The maximum absolute atomic E-state index is 14.1. The lowest BCUT2D eigenvalue weighted by molar-refractivity contribution is -0.144. The summed E-state index contributed by atoms with van der Waals surface area (Å²) in [6.07, 6.45) is -4.74. The first-order valence-electron chi connectivity index (χ1n) is 9.32. The maximum atomic E-state index is 14.1. The van der Waals surface area contributed by atoms with Crippen LogP contribution in [0, 0.1) is 0 Å². The predicted molar refractivity (Wildman–Crippen MR) is 108 cm³/mol. The van der Waals surface area contributed by atoms with E-state index < -0.39 is 23.1 Å². The van der Waals surface area contributed by atoms with E-state index in [2.05, 4.69) is 0 Å². The highest BCUT2D eigenvalue weighted by atomic mass is 19.4. The van der Waals surface area contributed by atoms with Gasteiger partial charge in [0, 0.05) is 0 Å². The molecule has 0 heterocycles. The van der Waals surface area contributed by atoms with Gasteiger partial charge in [0.1, 0.15) is 12.4 Å². The second-order valence-electron chi connectivity index (χ2n) is 7.46. The van der Waals surface area contributed by atoms with Crippen molar-refractivity contribution in [2.45, 2.75) is 32.0 Å². The van der Waals surface area contributed by atoms with Crippen molar-refractivity contribution < 1.29 is 27.8 Å². The molecule has 156 valence electrons. The molecule has 0 radical (unpaired) electrons. The van der Waals surface area contributed by atoms with Crippen LogP contribution in [-0.2, 0) is 23.0 Å². The fourth-order valence-corrected chi connectivity index (χ4v) is 3.20. The highest BCUT2D eigenvalue weighted by Gasteiger charge is 2.43. The minimum atomic E-state index is -4.74. The van der Waals surface area contributed by atoms with Crippen LogP contribution in [0.5, 0.6) is 5.75 Å². The molecular weight excluding hydrogens is 393 g/mol. The highest BCUT2D eigenvalue weighted by molar-refractivity contribution is 5.83. The van der Waals surface area contributed by atoms with Crippen molar-refractivity contribution >= 4 is 5.97 Å². The summed E-state index contributed by atoms with van der Waals surface area (Å²) in [5, 5.41) is 9.64. The number of carbonyl (C=O) groups is 1. The van der Waals surface area contributed by atoms with E-state index in [1.807, 2.05) is 30.3 Å². The predicted octanol–water partition coefficient (Wildman–Crippen LogP) is 6.31. The van der Waals surface area contributed by atoms with E-state index >= 15 is 0 Å². The van der Waals surface area contributed by atoms with Crippen LogP contribution in [0.15, 0.2) is 72.8 Å². The lowest BCUT2D eigenvalue weighted by atomic mass is 9.79. The van der Waals surface area contributed by atoms with Crippen molar-refractivity contribution in [1.29, 1.82) is 0 Å². The molecule has 0 aliphatic carbocycles. The summed E-state index contributed by atoms with van der Waals surface area (Å²) in [6, 6.07) is 19.8. The quantitative estimate of drug-likeness (QED) is 0.514. The van der Waals surface area contributed by atoms with Gasteiger partial charge < -0.3 is 9.84 Å². The first kappa shape index (κ1) is 21.4. The molecule has 0 aliphatic rings. The van der Waals surface area contributed by atoms with Gasteiger partial charge >= 0.3 is 12.1 Å². The smallest absolute Gasteiger partial charge is 0.417 e. The molecular formula is C24H21F3O3. The SMILES string of the molecule is CC(C)(C(=O)O)c1cc(OCc2ccccc2)cc(-c2ccccc2)c1C(F)(F)F. The molecule has 3 rings (SSSR count). The van der Waals surface area contributed by atoms with Crippen molar-refractivity contribution in [1.82, 2.24) is 0 Å². The molecule has 0 fully saturated rings. The monoisotopic (exact) mass is 414 g/mol. The fourth-order valence-electron chi connectivity index (χ4n) is 3.20. The topological polar surface area (TPSA) is 46.5 Å². The fraction of sp³-hybridized carbons (Fsp3) is 0.208. The Morgan fingerprint density at radius 3 is 2.03 bits per heavy atom. The Hall–Kier alpha value is -3.28. The zero-order valence-electron chi connectivity index (χ0n) is 16.5. The van der Waals surface area contributed by atoms with Crippen molar-refractivity contribution in [3.8, 4) is 16.9 Å². The first-order valence-corrected chi connectivity index (χ1v) is 9.32. The number of carboxylic acid groups (broad SMARTS) is 1. The van der Waals surface area contributed by atoms with Crippen molar-refractivity contribution in [2.75, 3.05) is 0 Å². The number of halogens is 3. The van der Waals surface area contributed by atoms with Gasteiger partial charge in [-0.2, -0.15) is 13.2 Å². The Morgan fingerprint density at radius 1 is 0.933 bits per heavy atom. The summed E-state index contributed by atoms with van der Waals surface area (Å²) in [5.41, 5.74) is -2.02. The van der Waals surface area contributed by atoms with Crippen LogP contribution in [0.4, 0.5) is 13.2 Å². The number of ether oxygens (including phenoxy) is 1. The van der Waals surface area contributed by atoms with Crippen molar-refractivity contribution in [3.63, 3.8) is 0 Å². The second kappa shape index (κ2) is 8.22. The number of aliphatic carboxylic acids is 1. The molecule has 3 aromatic carbocycles. The van der Waals surface area contributed by atoms with Crippen LogP contribution < -0.4 is 4.74 Å². The molecule has 0 bridgehead atoms. The molecule has 0 saturated carbocycles. The summed E-state index contributed by atoms with van der Waals surface area (Å²) in [7, 11) is 0. The van der Waals surface area contributed by atoms with E-state index in [0.29, 0.717) is 5.56 Å². The molecule has 0 aliphatic heterocycles. The standard InChI is InChI=1S/C24H21F3O3/c1-23(2,22(28)29)20-14-18(30-15-16-9-5-3-6-10-16)13-19(21(20)24(25,26)27)17-11-7-4-8-12-17/h3-14H,15H2,1-2H3,(H,28,29). The van der Waals surface area contributed by atoms with Gasteiger partial charge in [-0.3, -0.25) is 4.79 Å².